The molecule has 0 aliphatic heterocycles. The molecule has 1 fully saturated rings. The van der Waals surface area contributed by atoms with Gasteiger partial charge < -0.3 is 9.67 Å². The van der Waals surface area contributed by atoms with E-state index in [-0.39, 0.29) is 6.10 Å². The maximum Gasteiger partial charge on any atom is 0.0832 e. The third kappa shape index (κ3) is 2.64. The molecule has 2 rings (SSSR count). The Morgan fingerprint density at radius 3 is 3.07 bits per heavy atom. The summed E-state index contributed by atoms with van der Waals surface area (Å²) in [6.45, 7) is 2.78. The number of nitrogens with zero attached hydrogens (tertiary/aromatic N) is 1. The maximum absolute atomic E-state index is 9.91. The summed E-state index contributed by atoms with van der Waals surface area (Å²) in [4.78, 5) is 0. The summed E-state index contributed by atoms with van der Waals surface area (Å²) in [5.74, 6) is 0.491. The number of rotatable bonds is 4. The predicted octanol–water partition coefficient (Wildman–Crippen LogP) is 3.07. The molecule has 0 radical (unpaired) electrons. The van der Waals surface area contributed by atoms with Crippen molar-refractivity contribution in [1.82, 2.24) is 4.57 Å². The summed E-state index contributed by atoms with van der Waals surface area (Å²) >= 11 is 5.61. The highest BCUT2D eigenvalue weighted by atomic mass is 35.5. The zero-order valence-corrected chi connectivity index (χ0v) is 9.61. The van der Waals surface area contributed by atoms with Crippen LogP contribution in [0.15, 0.2) is 29.6 Å². The lowest BCUT2D eigenvalue weighted by molar-refractivity contribution is 0.154. The molecule has 0 amide bonds. The first-order chi connectivity index (χ1) is 7.20. The third-order valence-corrected chi connectivity index (χ3v) is 3.17. The summed E-state index contributed by atoms with van der Waals surface area (Å²) in [5.41, 5.74) is 3.73. The average molecular weight is 226 g/mol. The van der Waals surface area contributed by atoms with Crippen LogP contribution in [0.3, 0.4) is 0 Å². The van der Waals surface area contributed by atoms with Crippen LogP contribution in [0.1, 0.15) is 31.4 Å². The molecular formula is C12H16ClNO. The molecular weight excluding hydrogens is 210 g/mol. The molecule has 15 heavy (non-hydrogen) atoms. The van der Waals surface area contributed by atoms with Gasteiger partial charge in [0.25, 0.3) is 0 Å². The van der Waals surface area contributed by atoms with Gasteiger partial charge in [0, 0.05) is 24.5 Å². The van der Waals surface area contributed by atoms with Gasteiger partial charge in [0.2, 0.25) is 0 Å². The predicted molar refractivity (Wildman–Crippen MR) is 61.7 cm³/mol. The molecule has 1 aromatic heterocycles. The molecule has 2 nitrogen and oxygen atoms in total. The van der Waals surface area contributed by atoms with Gasteiger partial charge in [-0.1, -0.05) is 11.6 Å². The first-order valence-electron chi connectivity index (χ1n) is 5.30. The molecule has 0 aromatic carbocycles. The van der Waals surface area contributed by atoms with Gasteiger partial charge in [-0.15, -0.1) is 0 Å². The minimum atomic E-state index is -0.272. The molecule has 3 heteroatoms. The topological polar surface area (TPSA) is 25.2 Å². The van der Waals surface area contributed by atoms with Crippen LogP contribution in [0.4, 0.5) is 0 Å². The monoisotopic (exact) mass is 225 g/mol. The van der Waals surface area contributed by atoms with Gasteiger partial charge in [0.05, 0.1) is 6.10 Å². The van der Waals surface area contributed by atoms with Gasteiger partial charge in [-0.2, -0.15) is 0 Å². The van der Waals surface area contributed by atoms with Crippen LogP contribution in [0, 0.1) is 5.92 Å². The number of aliphatic hydroxyl groups is 1. The average Bonchev–Trinajstić information content (AvgIpc) is 2.98. The Labute approximate surface area is 95.2 Å². The highest BCUT2D eigenvalue weighted by molar-refractivity contribution is 6.25. The number of halogens is 1. The Balaban J connectivity index is 2.03. The van der Waals surface area contributed by atoms with Crippen molar-refractivity contribution < 1.29 is 5.11 Å². The quantitative estimate of drug-likeness (QED) is 0.837. The molecule has 1 N–H and O–H groups in total. The molecule has 0 bridgehead atoms. The number of aliphatic hydroxyl groups excluding tert-OH is 1. The van der Waals surface area contributed by atoms with E-state index in [9.17, 15) is 5.11 Å². The molecule has 1 unspecified atom stereocenters. The van der Waals surface area contributed by atoms with Crippen molar-refractivity contribution in [2.75, 3.05) is 0 Å². The second-order valence-corrected chi connectivity index (χ2v) is 4.57. The van der Waals surface area contributed by atoms with Gasteiger partial charge in [0.15, 0.2) is 0 Å². The molecule has 1 heterocycles. The van der Waals surface area contributed by atoms with Crippen molar-refractivity contribution in [3.05, 3.63) is 35.1 Å². The minimum Gasteiger partial charge on any atom is -0.388 e. The summed E-state index contributed by atoms with van der Waals surface area (Å²) in [6.07, 6.45) is 6.05. The lowest BCUT2D eigenvalue weighted by Crippen LogP contribution is -1.99. The Morgan fingerprint density at radius 2 is 2.47 bits per heavy atom. The lowest BCUT2D eigenvalue weighted by Gasteiger charge is -2.06. The first-order valence-corrected chi connectivity index (χ1v) is 5.74. The normalized spacial score (nSPS) is 19.3. The molecule has 1 aliphatic rings. The van der Waals surface area contributed by atoms with Crippen LogP contribution >= 0.6 is 11.6 Å². The maximum atomic E-state index is 9.91. The van der Waals surface area contributed by atoms with Gasteiger partial charge in [-0.05, 0) is 42.9 Å². The Bertz CT molecular complexity index is 365. The standard InChI is InChI=1S/C12H16ClNO/c1-9(6-13)7-14-5-4-11(8-14)12(15)10-2-3-10/h4-6,8,10,12,15H,2-3,7H2,1H3/b9-6-. The third-order valence-electron chi connectivity index (χ3n) is 2.80. The van der Waals surface area contributed by atoms with Crippen molar-refractivity contribution >= 4 is 11.6 Å². The van der Waals surface area contributed by atoms with Crippen LogP contribution in [0.25, 0.3) is 0 Å². The van der Waals surface area contributed by atoms with Crippen molar-refractivity contribution in [2.45, 2.75) is 32.4 Å². The van der Waals surface area contributed by atoms with Crippen LogP contribution in [0.5, 0.6) is 0 Å². The molecule has 1 aromatic rings. The van der Waals surface area contributed by atoms with Crippen LogP contribution in [-0.2, 0) is 6.54 Å². The second-order valence-electron chi connectivity index (χ2n) is 4.35. The summed E-state index contributed by atoms with van der Waals surface area (Å²) < 4.78 is 2.05. The van der Waals surface area contributed by atoms with E-state index in [1.807, 2.05) is 25.4 Å². The minimum absolute atomic E-state index is 0.272. The zero-order chi connectivity index (χ0) is 10.8. The van der Waals surface area contributed by atoms with E-state index in [0.717, 1.165) is 30.5 Å². The highest BCUT2D eigenvalue weighted by Gasteiger charge is 2.31. The van der Waals surface area contributed by atoms with Crippen molar-refractivity contribution in [3.8, 4) is 0 Å². The molecule has 1 aliphatic carbocycles. The van der Waals surface area contributed by atoms with Crippen LogP contribution in [-0.4, -0.2) is 9.67 Å². The van der Waals surface area contributed by atoms with Gasteiger partial charge in [-0.25, -0.2) is 0 Å². The molecule has 0 spiro atoms. The number of hydrogen-bond acceptors (Lipinski definition) is 1. The van der Waals surface area contributed by atoms with E-state index in [1.165, 1.54) is 0 Å². The molecule has 1 atom stereocenters. The van der Waals surface area contributed by atoms with Crippen molar-refractivity contribution in [1.29, 1.82) is 0 Å². The lowest BCUT2D eigenvalue weighted by atomic mass is 10.1. The van der Waals surface area contributed by atoms with Crippen molar-refractivity contribution in [3.63, 3.8) is 0 Å². The summed E-state index contributed by atoms with van der Waals surface area (Å²) in [5, 5.41) is 9.91. The van der Waals surface area contributed by atoms with E-state index in [0.29, 0.717) is 5.92 Å². The number of allylic oxidation sites excluding steroid dienone is 1. The highest BCUT2D eigenvalue weighted by Crippen LogP contribution is 2.40. The molecule has 82 valence electrons. The van der Waals surface area contributed by atoms with Crippen LogP contribution in [0.2, 0.25) is 0 Å². The molecule has 0 saturated heterocycles. The summed E-state index contributed by atoms with van der Waals surface area (Å²) in [6, 6.07) is 1.99. The number of hydrogen-bond donors (Lipinski definition) is 1. The van der Waals surface area contributed by atoms with Crippen molar-refractivity contribution in [2.24, 2.45) is 5.92 Å². The SMILES string of the molecule is C/C(=C/Cl)Cn1ccc(C(O)C2CC2)c1. The fourth-order valence-electron chi connectivity index (χ4n) is 1.74. The van der Waals surface area contributed by atoms with E-state index < -0.39 is 0 Å². The zero-order valence-electron chi connectivity index (χ0n) is 8.86. The smallest absolute Gasteiger partial charge is 0.0832 e. The Morgan fingerprint density at radius 1 is 1.73 bits per heavy atom. The Kier molecular flexibility index (Phi) is 3.17. The van der Waals surface area contributed by atoms with E-state index in [2.05, 4.69) is 4.57 Å². The molecule has 1 saturated carbocycles. The first kappa shape index (κ1) is 10.8. The second kappa shape index (κ2) is 4.42. The van der Waals surface area contributed by atoms with E-state index in [1.54, 1.807) is 5.54 Å². The fourth-order valence-corrected chi connectivity index (χ4v) is 1.81. The van der Waals surface area contributed by atoms with Gasteiger partial charge >= 0.3 is 0 Å². The van der Waals surface area contributed by atoms with Gasteiger partial charge in [-0.3, -0.25) is 0 Å². The summed E-state index contributed by atoms with van der Waals surface area (Å²) in [7, 11) is 0. The van der Waals surface area contributed by atoms with E-state index in [4.69, 9.17) is 11.6 Å². The Hall–Kier alpha value is -0.730. The van der Waals surface area contributed by atoms with E-state index >= 15 is 0 Å². The fraction of sp³-hybridized carbons (Fsp3) is 0.500. The van der Waals surface area contributed by atoms with Gasteiger partial charge in [0.1, 0.15) is 0 Å². The number of aromatic nitrogens is 1. The van der Waals surface area contributed by atoms with Crippen LogP contribution < -0.4 is 0 Å². The largest absolute Gasteiger partial charge is 0.388 e.